The fraction of sp³-hybridized carbons (Fsp3) is 0.200. The van der Waals surface area contributed by atoms with Crippen LogP contribution < -0.4 is 4.74 Å². The second kappa shape index (κ2) is 3.36. The molecule has 2 rings (SSSR count). The highest BCUT2D eigenvalue weighted by Crippen LogP contribution is 2.28. The predicted octanol–water partition coefficient (Wildman–Crippen LogP) is 2.40. The van der Waals surface area contributed by atoms with Gasteiger partial charge in [0.2, 0.25) is 0 Å². The van der Waals surface area contributed by atoms with Crippen LogP contribution in [0, 0.1) is 0 Å². The van der Waals surface area contributed by atoms with Gasteiger partial charge in [-0.3, -0.25) is 0 Å². The van der Waals surface area contributed by atoms with Crippen LogP contribution in [0.4, 0.5) is 0 Å². The van der Waals surface area contributed by atoms with Crippen molar-refractivity contribution in [3.8, 4) is 5.75 Å². The van der Waals surface area contributed by atoms with E-state index in [-0.39, 0.29) is 6.61 Å². The van der Waals surface area contributed by atoms with E-state index in [1.807, 2.05) is 24.3 Å². The lowest BCUT2D eigenvalue weighted by Crippen LogP contribution is -1.79. The molecule has 1 N–H and O–H groups in total. The van der Waals surface area contributed by atoms with Crippen molar-refractivity contribution in [3.05, 3.63) is 29.1 Å². The highest BCUT2D eigenvalue weighted by molar-refractivity contribution is 7.19. The first-order chi connectivity index (χ1) is 6.33. The number of fused-ring (bicyclic) bond motifs is 1. The zero-order valence-corrected chi connectivity index (χ0v) is 8.10. The van der Waals surface area contributed by atoms with Crippen LogP contribution in [-0.2, 0) is 6.61 Å². The summed E-state index contributed by atoms with van der Waals surface area (Å²) >= 11 is 1.61. The molecule has 0 radical (unpaired) electrons. The first kappa shape index (κ1) is 8.53. The fourth-order valence-electron chi connectivity index (χ4n) is 1.28. The molecule has 0 aliphatic heterocycles. The van der Waals surface area contributed by atoms with Crippen LogP contribution >= 0.6 is 11.3 Å². The van der Waals surface area contributed by atoms with Crippen LogP contribution in [0.1, 0.15) is 4.88 Å². The second-order valence-electron chi connectivity index (χ2n) is 2.77. The molecule has 0 atom stereocenters. The summed E-state index contributed by atoms with van der Waals surface area (Å²) in [4.78, 5) is 0.989. The van der Waals surface area contributed by atoms with Crippen molar-refractivity contribution < 1.29 is 9.84 Å². The molecule has 0 unspecified atom stereocenters. The molecule has 0 bridgehead atoms. The summed E-state index contributed by atoms with van der Waals surface area (Å²) in [7, 11) is 1.65. The average molecular weight is 194 g/mol. The van der Waals surface area contributed by atoms with Crippen LogP contribution in [0.3, 0.4) is 0 Å². The van der Waals surface area contributed by atoms with E-state index in [1.54, 1.807) is 18.4 Å². The van der Waals surface area contributed by atoms with Crippen LogP contribution in [-0.4, -0.2) is 12.2 Å². The number of methoxy groups -OCH3 is 1. The molecule has 1 aromatic carbocycles. The standard InChI is InChI=1S/C10H10O2S/c1-12-8-2-3-10-7(4-8)5-9(6-11)13-10/h2-5,11H,6H2,1H3. The van der Waals surface area contributed by atoms with Gasteiger partial charge in [-0.2, -0.15) is 0 Å². The van der Waals surface area contributed by atoms with E-state index in [9.17, 15) is 0 Å². The second-order valence-corrected chi connectivity index (χ2v) is 3.94. The molecular formula is C10H10O2S. The summed E-state index contributed by atoms with van der Waals surface area (Å²) in [6, 6.07) is 7.91. The smallest absolute Gasteiger partial charge is 0.119 e. The average Bonchev–Trinajstić information content (AvgIpc) is 2.58. The first-order valence-electron chi connectivity index (χ1n) is 4.01. The SMILES string of the molecule is COc1ccc2sc(CO)cc2c1. The Kier molecular flexibility index (Phi) is 2.20. The van der Waals surface area contributed by atoms with Crippen molar-refractivity contribution in [1.29, 1.82) is 0 Å². The van der Waals surface area contributed by atoms with Crippen molar-refractivity contribution in [1.82, 2.24) is 0 Å². The molecule has 68 valence electrons. The Labute approximate surface area is 80.4 Å². The van der Waals surface area contributed by atoms with E-state index < -0.39 is 0 Å². The Bertz CT molecular complexity index is 418. The molecule has 1 aromatic heterocycles. The minimum Gasteiger partial charge on any atom is -0.497 e. The van der Waals surface area contributed by atoms with Gasteiger partial charge >= 0.3 is 0 Å². The number of benzene rings is 1. The topological polar surface area (TPSA) is 29.5 Å². The van der Waals surface area contributed by atoms with Crippen molar-refractivity contribution in [2.45, 2.75) is 6.61 Å². The molecule has 0 fully saturated rings. The van der Waals surface area contributed by atoms with Crippen molar-refractivity contribution >= 4 is 21.4 Å². The van der Waals surface area contributed by atoms with E-state index >= 15 is 0 Å². The van der Waals surface area contributed by atoms with Crippen LogP contribution in [0.5, 0.6) is 5.75 Å². The molecule has 13 heavy (non-hydrogen) atoms. The molecule has 1 heterocycles. The minimum atomic E-state index is 0.113. The molecule has 0 spiro atoms. The first-order valence-corrected chi connectivity index (χ1v) is 4.82. The summed E-state index contributed by atoms with van der Waals surface area (Å²) in [5, 5.41) is 10.1. The lowest BCUT2D eigenvalue weighted by atomic mass is 10.2. The third kappa shape index (κ3) is 1.53. The van der Waals surface area contributed by atoms with E-state index in [2.05, 4.69) is 0 Å². The summed E-state index contributed by atoms with van der Waals surface area (Å²) in [6.45, 7) is 0.113. The summed E-state index contributed by atoms with van der Waals surface area (Å²) < 4.78 is 6.29. The number of thiophene rings is 1. The Morgan fingerprint density at radius 3 is 2.92 bits per heavy atom. The van der Waals surface area contributed by atoms with Gasteiger partial charge in [0, 0.05) is 9.58 Å². The van der Waals surface area contributed by atoms with Crippen LogP contribution in [0.2, 0.25) is 0 Å². The molecule has 3 heteroatoms. The van der Waals surface area contributed by atoms with Gasteiger partial charge in [0.05, 0.1) is 13.7 Å². The van der Waals surface area contributed by atoms with Crippen LogP contribution in [0.15, 0.2) is 24.3 Å². The Morgan fingerprint density at radius 1 is 1.38 bits per heavy atom. The molecule has 0 aliphatic carbocycles. The van der Waals surface area contributed by atoms with Gasteiger partial charge in [0.1, 0.15) is 5.75 Å². The fourth-order valence-corrected chi connectivity index (χ4v) is 2.19. The molecular weight excluding hydrogens is 184 g/mol. The quantitative estimate of drug-likeness (QED) is 0.795. The summed E-state index contributed by atoms with van der Waals surface area (Å²) in [5.74, 6) is 0.856. The largest absolute Gasteiger partial charge is 0.497 e. The van der Waals surface area contributed by atoms with Gasteiger partial charge in [0.25, 0.3) is 0 Å². The number of ether oxygens (including phenoxy) is 1. The molecule has 0 saturated heterocycles. The van der Waals surface area contributed by atoms with E-state index in [1.165, 1.54) is 4.70 Å². The van der Waals surface area contributed by atoms with Crippen molar-refractivity contribution in [2.75, 3.05) is 7.11 Å². The van der Waals surface area contributed by atoms with Gasteiger partial charge in [-0.15, -0.1) is 11.3 Å². The highest BCUT2D eigenvalue weighted by Gasteiger charge is 2.01. The van der Waals surface area contributed by atoms with Gasteiger partial charge in [0.15, 0.2) is 0 Å². The lowest BCUT2D eigenvalue weighted by Gasteiger charge is -1.97. The number of rotatable bonds is 2. The number of aliphatic hydroxyl groups is 1. The zero-order valence-electron chi connectivity index (χ0n) is 7.28. The molecule has 0 aliphatic rings. The van der Waals surface area contributed by atoms with Gasteiger partial charge in [-0.1, -0.05) is 0 Å². The molecule has 0 amide bonds. The van der Waals surface area contributed by atoms with Gasteiger partial charge < -0.3 is 9.84 Å². The maximum Gasteiger partial charge on any atom is 0.119 e. The Morgan fingerprint density at radius 2 is 2.23 bits per heavy atom. The monoisotopic (exact) mass is 194 g/mol. The molecule has 2 aromatic rings. The maximum absolute atomic E-state index is 8.94. The van der Waals surface area contributed by atoms with Crippen molar-refractivity contribution in [3.63, 3.8) is 0 Å². The Hall–Kier alpha value is -1.06. The number of hydrogen-bond acceptors (Lipinski definition) is 3. The molecule has 0 saturated carbocycles. The Balaban J connectivity index is 2.57. The minimum absolute atomic E-state index is 0.113. The summed E-state index contributed by atoms with van der Waals surface area (Å²) in [5.41, 5.74) is 0. The van der Waals surface area contributed by atoms with E-state index in [0.717, 1.165) is 16.0 Å². The summed E-state index contributed by atoms with van der Waals surface area (Å²) in [6.07, 6.45) is 0. The number of hydrogen-bond donors (Lipinski definition) is 1. The number of aliphatic hydroxyl groups excluding tert-OH is 1. The third-order valence-electron chi connectivity index (χ3n) is 1.93. The van der Waals surface area contributed by atoms with Gasteiger partial charge in [-0.25, -0.2) is 0 Å². The maximum atomic E-state index is 8.94. The van der Waals surface area contributed by atoms with E-state index in [0.29, 0.717) is 0 Å². The zero-order chi connectivity index (χ0) is 9.26. The highest BCUT2D eigenvalue weighted by atomic mass is 32.1. The van der Waals surface area contributed by atoms with Crippen molar-refractivity contribution in [2.24, 2.45) is 0 Å². The van der Waals surface area contributed by atoms with Gasteiger partial charge in [-0.05, 0) is 29.7 Å². The van der Waals surface area contributed by atoms with Crippen LogP contribution in [0.25, 0.3) is 10.1 Å². The lowest BCUT2D eigenvalue weighted by molar-refractivity contribution is 0.285. The van der Waals surface area contributed by atoms with E-state index in [4.69, 9.17) is 9.84 Å². The third-order valence-corrected chi connectivity index (χ3v) is 3.03. The molecule has 2 nitrogen and oxygen atoms in total. The predicted molar refractivity (Wildman–Crippen MR) is 54.3 cm³/mol. The normalized spacial score (nSPS) is 10.6.